The van der Waals surface area contributed by atoms with E-state index < -0.39 is 0 Å². The van der Waals surface area contributed by atoms with Crippen LogP contribution in [0.3, 0.4) is 0 Å². The molecule has 0 aliphatic carbocycles. The lowest BCUT2D eigenvalue weighted by atomic mass is 10.1. The van der Waals surface area contributed by atoms with Crippen molar-refractivity contribution in [1.29, 1.82) is 0 Å². The fourth-order valence-electron chi connectivity index (χ4n) is 1.35. The monoisotopic (exact) mass is 269 g/mol. The number of ether oxygens (including phenoxy) is 1. The quantitative estimate of drug-likeness (QED) is 0.562. The Morgan fingerprint density at radius 2 is 2.36 bits per heavy atom. The SMILES string of the molecule is CC(C)C[C@H]1CN(I)CCO1. The summed E-state index contributed by atoms with van der Waals surface area (Å²) in [5.41, 5.74) is 0. The van der Waals surface area contributed by atoms with Gasteiger partial charge in [0.1, 0.15) is 0 Å². The first-order valence-electron chi connectivity index (χ1n) is 4.21. The number of halogens is 1. The zero-order valence-corrected chi connectivity index (χ0v) is 9.37. The van der Waals surface area contributed by atoms with Crippen molar-refractivity contribution in [3.63, 3.8) is 0 Å². The van der Waals surface area contributed by atoms with Crippen molar-refractivity contribution >= 4 is 22.9 Å². The van der Waals surface area contributed by atoms with E-state index in [0.717, 1.165) is 25.6 Å². The Morgan fingerprint density at radius 3 is 2.91 bits per heavy atom. The van der Waals surface area contributed by atoms with Crippen LogP contribution in [-0.2, 0) is 4.74 Å². The van der Waals surface area contributed by atoms with E-state index in [2.05, 4.69) is 39.8 Å². The Balaban J connectivity index is 2.23. The average Bonchev–Trinajstić information content (AvgIpc) is 1.85. The molecule has 1 fully saturated rings. The Labute approximate surface area is 82.8 Å². The molecular weight excluding hydrogens is 253 g/mol. The van der Waals surface area contributed by atoms with Gasteiger partial charge in [0.2, 0.25) is 0 Å². The molecule has 0 spiro atoms. The van der Waals surface area contributed by atoms with Crippen molar-refractivity contribution in [2.24, 2.45) is 5.92 Å². The van der Waals surface area contributed by atoms with Gasteiger partial charge in [-0.25, -0.2) is 3.11 Å². The third-order valence-corrected chi connectivity index (χ3v) is 2.70. The summed E-state index contributed by atoms with van der Waals surface area (Å²) in [5.74, 6) is 0.753. The number of hydrogen-bond donors (Lipinski definition) is 0. The van der Waals surface area contributed by atoms with Crippen LogP contribution in [0.2, 0.25) is 0 Å². The van der Waals surface area contributed by atoms with Crippen molar-refractivity contribution in [3.05, 3.63) is 0 Å². The van der Waals surface area contributed by atoms with Gasteiger partial charge in [0, 0.05) is 36.0 Å². The first-order valence-corrected chi connectivity index (χ1v) is 5.17. The summed E-state index contributed by atoms with van der Waals surface area (Å²) in [6.45, 7) is 7.57. The molecule has 1 rings (SSSR count). The molecule has 0 unspecified atom stereocenters. The maximum atomic E-state index is 5.61. The fraction of sp³-hybridized carbons (Fsp3) is 1.00. The minimum atomic E-state index is 0.473. The van der Waals surface area contributed by atoms with Crippen molar-refractivity contribution < 1.29 is 4.74 Å². The van der Waals surface area contributed by atoms with E-state index in [0.29, 0.717) is 6.10 Å². The van der Waals surface area contributed by atoms with Gasteiger partial charge in [0.15, 0.2) is 0 Å². The van der Waals surface area contributed by atoms with Crippen molar-refractivity contribution in [2.45, 2.75) is 26.4 Å². The van der Waals surface area contributed by atoms with Gasteiger partial charge in [0.25, 0.3) is 0 Å². The van der Waals surface area contributed by atoms with Gasteiger partial charge in [-0.2, -0.15) is 0 Å². The fourth-order valence-corrected chi connectivity index (χ4v) is 1.99. The van der Waals surface area contributed by atoms with Crippen LogP contribution in [0.5, 0.6) is 0 Å². The summed E-state index contributed by atoms with van der Waals surface area (Å²) in [6, 6.07) is 0. The van der Waals surface area contributed by atoms with Crippen molar-refractivity contribution in [2.75, 3.05) is 19.7 Å². The van der Waals surface area contributed by atoms with E-state index in [1.165, 1.54) is 6.42 Å². The second-order valence-corrected chi connectivity index (χ2v) is 4.86. The highest BCUT2D eigenvalue weighted by atomic mass is 127. The molecule has 66 valence electrons. The predicted molar refractivity (Wildman–Crippen MR) is 54.8 cm³/mol. The van der Waals surface area contributed by atoms with Crippen molar-refractivity contribution in [3.8, 4) is 0 Å². The number of hydrogen-bond acceptors (Lipinski definition) is 2. The lowest BCUT2D eigenvalue weighted by Crippen LogP contribution is -2.37. The minimum Gasteiger partial charge on any atom is -0.375 e. The summed E-state index contributed by atoms with van der Waals surface area (Å²) in [5, 5.41) is 0. The third-order valence-electron chi connectivity index (χ3n) is 1.82. The van der Waals surface area contributed by atoms with E-state index in [9.17, 15) is 0 Å². The van der Waals surface area contributed by atoms with Crippen LogP contribution in [-0.4, -0.2) is 28.9 Å². The Bertz CT molecular complexity index is 117. The molecule has 1 aliphatic rings. The summed E-state index contributed by atoms with van der Waals surface area (Å²) < 4.78 is 7.93. The lowest BCUT2D eigenvalue weighted by Gasteiger charge is -2.29. The summed E-state index contributed by atoms with van der Waals surface area (Å²) in [6.07, 6.45) is 1.67. The van der Waals surface area contributed by atoms with E-state index >= 15 is 0 Å². The molecule has 0 N–H and O–H groups in total. The molecule has 0 amide bonds. The molecule has 11 heavy (non-hydrogen) atoms. The largest absolute Gasteiger partial charge is 0.375 e. The molecule has 3 heteroatoms. The molecule has 0 radical (unpaired) electrons. The van der Waals surface area contributed by atoms with Gasteiger partial charge in [-0.1, -0.05) is 13.8 Å². The molecule has 2 nitrogen and oxygen atoms in total. The molecule has 0 bridgehead atoms. The maximum Gasteiger partial charge on any atom is 0.0713 e. The molecule has 0 aromatic rings. The Morgan fingerprint density at radius 1 is 1.64 bits per heavy atom. The normalized spacial score (nSPS) is 27.8. The average molecular weight is 269 g/mol. The highest BCUT2D eigenvalue weighted by Crippen LogP contribution is 2.15. The van der Waals surface area contributed by atoms with Crippen LogP contribution < -0.4 is 0 Å². The first kappa shape index (κ1) is 9.74. The van der Waals surface area contributed by atoms with E-state index in [4.69, 9.17) is 4.74 Å². The molecule has 0 aromatic heterocycles. The number of morpholine rings is 1. The van der Waals surface area contributed by atoms with Gasteiger partial charge in [0.05, 0.1) is 12.7 Å². The van der Waals surface area contributed by atoms with E-state index in [1.54, 1.807) is 0 Å². The topological polar surface area (TPSA) is 12.5 Å². The molecule has 0 saturated carbocycles. The summed E-state index contributed by atoms with van der Waals surface area (Å²) >= 11 is 2.37. The molecule has 1 aliphatic heterocycles. The highest BCUT2D eigenvalue weighted by Gasteiger charge is 2.18. The lowest BCUT2D eigenvalue weighted by molar-refractivity contribution is -0.00407. The Hall–Kier alpha value is 0.650. The van der Waals surface area contributed by atoms with Crippen LogP contribution in [0.25, 0.3) is 0 Å². The van der Waals surface area contributed by atoms with Crippen LogP contribution in [0.15, 0.2) is 0 Å². The standard InChI is InChI=1S/C8H16INO/c1-7(2)5-8-6-10(9)3-4-11-8/h7-8H,3-6H2,1-2H3/t8-/m0/s1. The first-order chi connectivity index (χ1) is 5.18. The van der Waals surface area contributed by atoms with E-state index in [1.807, 2.05) is 0 Å². The third kappa shape index (κ3) is 3.71. The van der Waals surface area contributed by atoms with Gasteiger partial charge in [-0.05, 0) is 12.3 Å². The van der Waals surface area contributed by atoms with Crippen molar-refractivity contribution in [1.82, 2.24) is 3.11 Å². The second kappa shape index (κ2) is 4.62. The zero-order chi connectivity index (χ0) is 8.27. The highest BCUT2D eigenvalue weighted by molar-refractivity contribution is 14.1. The molecule has 1 saturated heterocycles. The van der Waals surface area contributed by atoms with Gasteiger partial charge < -0.3 is 4.74 Å². The number of nitrogens with zero attached hydrogens (tertiary/aromatic N) is 1. The van der Waals surface area contributed by atoms with Crippen LogP contribution >= 0.6 is 22.9 Å². The molecule has 1 heterocycles. The van der Waals surface area contributed by atoms with Crippen LogP contribution in [0.4, 0.5) is 0 Å². The van der Waals surface area contributed by atoms with Crippen LogP contribution in [0, 0.1) is 5.92 Å². The van der Waals surface area contributed by atoms with Gasteiger partial charge in [-0.15, -0.1) is 0 Å². The predicted octanol–water partition coefficient (Wildman–Crippen LogP) is 2.08. The zero-order valence-electron chi connectivity index (χ0n) is 7.22. The molecule has 1 atom stereocenters. The number of rotatable bonds is 2. The van der Waals surface area contributed by atoms with Gasteiger partial charge >= 0.3 is 0 Å². The maximum absolute atomic E-state index is 5.61. The minimum absolute atomic E-state index is 0.473. The second-order valence-electron chi connectivity index (χ2n) is 3.49. The summed E-state index contributed by atoms with van der Waals surface area (Å²) in [4.78, 5) is 0. The van der Waals surface area contributed by atoms with E-state index in [-0.39, 0.29) is 0 Å². The summed E-state index contributed by atoms with van der Waals surface area (Å²) in [7, 11) is 0. The molecule has 0 aromatic carbocycles. The van der Waals surface area contributed by atoms with Gasteiger partial charge in [-0.3, -0.25) is 0 Å². The smallest absolute Gasteiger partial charge is 0.0713 e. The molecular formula is C8H16INO. The van der Waals surface area contributed by atoms with Crippen LogP contribution in [0.1, 0.15) is 20.3 Å². The Kier molecular flexibility index (Phi) is 4.09.